The molecule has 0 bridgehead atoms. The van der Waals surface area contributed by atoms with Crippen LogP contribution in [-0.4, -0.2) is 35.0 Å². The summed E-state index contributed by atoms with van der Waals surface area (Å²) >= 11 is 0. The third-order valence-corrected chi connectivity index (χ3v) is 5.20. The number of aliphatic carboxylic acids is 1. The average Bonchev–Trinajstić information content (AvgIpc) is 2.62. The van der Waals surface area contributed by atoms with E-state index in [0.717, 1.165) is 19.3 Å². The number of nitrogens with zero attached hydrogens (tertiary/aromatic N) is 1. The summed E-state index contributed by atoms with van der Waals surface area (Å²) in [5.74, 6) is -0.929. The van der Waals surface area contributed by atoms with E-state index in [0.29, 0.717) is 12.8 Å². The number of hydrogen-bond donors (Lipinski definition) is 1. The highest BCUT2D eigenvalue weighted by atomic mass is 16.4. The first-order valence-electron chi connectivity index (χ1n) is 11.0. The molecule has 0 aromatic carbocycles. The summed E-state index contributed by atoms with van der Waals surface area (Å²) in [6, 6.07) is -0.672. The fourth-order valence-electron chi connectivity index (χ4n) is 3.40. The van der Waals surface area contributed by atoms with Gasteiger partial charge in [-0.15, -0.1) is 0 Å². The zero-order chi connectivity index (χ0) is 19.6. The van der Waals surface area contributed by atoms with Crippen LogP contribution in [-0.2, 0) is 9.59 Å². The predicted octanol–water partition coefficient (Wildman–Crippen LogP) is 6.18. The van der Waals surface area contributed by atoms with E-state index < -0.39 is 12.0 Å². The quantitative estimate of drug-likeness (QED) is 0.293. The molecule has 0 aliphatic rings. The summed E-state index contributed by atoms with van der Waals surface area (Å²) < 4.78 is 0. The van der Waals surface area contributed by atoms with Crippen LogP contribution in [0.5, 0.6) is 0 Å². The van der Waals surface area contributed by atoms with E-state index in [1.54, 1.807) is 7.05 Å². The van der Waals surface area contributed by atoms with Crippen LogP contribution in [0.4, 0.5) is 0 Å². The van der Waals surface area contributed by atoms with Crippen molar-refractivity contribution in [2.24, 2.45) is 0 Å². The molecule has 0 fully saturated rings. The number of carboxylic acids is 1. The molecule has 0 aliphatic heterocycles. The summed E-state index contributed by atoms with van der Waals surface area (Å²) in [4.78, 5) is 24.8. The van der Waals surface area contributed by atoms with Crippen molar-refractivity contribution in [3.63, 3.8) is 0 Å². The van der Waals surface area contributed by atoms with E-state index >= 15 is 0 Å². The highest BCUT2D eigenvalue weighted by Gasteiger charge is 2.24. The van der Waals surface area contributed by atoms with Crippen molar-refractivity contribution in [1.82, 2.24) is 4.90 Å². The SMILES string of the molecule is CCCCCCCCCCCCCCCC(=O)N(C)C(CCC)C(=O)O. The summed E-state index contributed by atoms with van der Waals surface area (Å²) in [5, 5.41) is 9.21. The zero-order valence-corrected chi connectivity index (χ0v) is 17.6. The van der Waals surface area contributed by atoms with Gasteiger partial charge in [-0.1, -0.05) is 97.3 Å². The Bertz CT molecular complexity index is 357. The first-order chi connectivity index (χ1) is 12.5. The average molecular weight is 370 g/mol. The molecule has 0 saturated carbocycles. The second-order valence-electron chi connectivity index (χ2n) is 7.64. The Balaban J connectivity index is 3.54. The maximum Gasteiger partial charge on any atom is 0.326 e. The van der Waals surface area contributed by atoms with Crippen LogP contribution in [0, 0.1) is 0 Å². The molecule has 0 spiro atoms. The van der Waals surface area contributed by atoms with Gasteiger partial charge in [0.1, 0.15) is 6.04 Å². The number of carbonyl (C=O) groups excluding carboxylic acids is 1. The largest absolute Gasteiger partial charge is 0.480 e. The topological polar surface area (TPSA) is 57.6 Å². The molecular weight excluding hydrogens is 326 g/mol. The highest BCUT2D eigenvalue weighted by molar-refractivity contribution is 5.83. The van der Waals surface area contributed by atoms with E-state index in [-0.39, 0.29) is 5.91 Å². The molecule has 0 rings (SSSR count). The Morgan fingerprint density at radius 3 is 1.54 bits per heavy atom. The smallest absolute Gasteiger partial charge is 0.326 e. The van der Waals surface area contributed by atoms with Gasteiger partial charge in [0.2, 0.25) is 5.91 Å². The minimum atomic E-state index is -0.895. The lowest BCUT2D eigenvalue weighted by molar-refractivity contribution is -0.149. The standard InChI is InChI=1S/C22H43NO3/c1-4-6-7-8-9-10-11-12-13-14-15-16-17-19-21(24)23(3)20(18-5-2)22(25)26/h20H,4-19H2,1-3H3,(H,25,26). The molecule has 26 heavy (non-hydrogen) atoms. The van der Waals surface area contributed by atoms with E-state index in [1.165, 1.54) is 75.5 Å². The van der Waals surface area contributed by atoms with Crippen LogP contribution in [0.25, 0.3) is 0 Å². The van der Waals surface area contributed by atoms with Gasteiger partial charge in [0, 0.05) is 13.5 Å². The van der Waals surface area contributed by atoms with E-state index in [9.17, 15) is 14.7 Å². The van der Waals surface area contributed by atoms with Crippen LogP contribution in [0.15, 0.2) is 0 Å². The molecule has 0 radical (unpaired) electrons. The van der Waals surface area contributed by atoms with Gasteiger partial charge in [-0.25, -0.2) is 4.79 Å². The Morgan fingerprint density at radius 2 is 1.15 bits per heavy atom. The van der Waals surface area contributed by atoms with Crippen molar-refractivity contribution in [3.8, 4) is 0 Å². The number of hydrogen-bond acceptors (Lipinski definition) is 2. The number of likely N-dealkylation sites (N-methyl/N-ethyl adjacent to an activating group) is 1. The van der Waals surface area contributed by atoms with Crippen LogP contribution < -0.4 is 0 Å². The first kappa shape index (κ1) is 24.9. The lowest BCUT2D eigenvalue weighted by atomic mass is 10.0. The molecule has 1 amide bonds. The molecule has 1 atom stereocenters. The number of carbonyl (C=O) groups is 2. The van der Waals surface area contributed by atoms with E-state index in [1.807, 2.05) is 6.92 Å². The van der Waals surface area contributed by atoms with Crippen LogP contribution in [0.3, 0.4) is 0 Å². The minimum absolute atomic E-state index is 0.0334. The van der Waals surface area contributed by atoms with Gasteiger partial charge < -0.3 is 10.0 Å². The highest BCUT2D eigenvalue weighted by Crippen LogP contribution is 2.14. The van der Waals surface area contributed by atoms with Gasteiger partial charge >= 0.3 is 5.97 Å². The lowest BCUT2D eigenvalue weighted by Crippen LogP contribution is -2.42. The van der Waals surface area contributed by atoms with Crippen LogP contribution in [0.2, 0.25) is 0 Å². The molecule has 0 aromatic heterocycles. The molecule has 0 aromatic rings. The van der Waals surface area contributed by atoms with Gasteiger partial charge in [0.05, 0.1) is 0 Å². The monoisotopic (exact) mass is 369 g/mol. The maximum atomic E-state index is 12.1. The molecule has 0 heterocycles. The van der Waals surface area contributed by atoms with Crippen LogP contribution in [0.1, 0.15) is 117 Å². The van der Waals surface area contributed by atoms with Crippen molar-refractivity contribution in [2.75, 3.05) is 7.05 Å². The number of carboxylic acid groups (broad SMARTS) is 1. The molecule has 1 unspecified atom stereocenters. The molecule has 154 valence electrons. The normalized spacial score (nSPS) is 12.1. The lowest BCUT2D eigenvalue weighted by Gasteiger charge is -2.24. The summed E-state index contributed by atoms with van der Waals surface area (Å²) in [7, 11) is 1.62. The van der Waals surface area contributed by atoms with Gasteiger partial charge in [0.25, 0.3) is 0 Å². The number of unbranched alkanes of at least 4 members (excludes halogenated alkanes) is 12. The van der Waals surface area contributed by atoms with Gasteiger partial charge in [-0.05, 0) is 12.8 Å². The summed E-state index contributed by atoms with van der Waals surface area (Å²) in [5.41, 5.74) is 0. The predicted molar refractivity (Wildman–Crippen MR) is 109 cm³/mol. The Labute approximate surface area is 161 Å². The van der Waals surface area contributed by atoms with E-state index in [4.69, 9.17) is 0 Å². The Morgan fingerprint density at radius 1 is 0.731 bits per heavy atom. The van der Waals surface area contributed by atoms with Crippen molar-refractivity contribution in [1.29, 1.82) is 0 Å². The Kier molecular flexibility index (Phi) is 16.7. The van der Waals surface area contributed by atoms with Crippen molar-refractivity contribution in [2.45, 2.75) is 123 Å². The van der Waals surface area contributed by atoms with Gasteiger partial charge in [-0.2, -0.15) is 0 Å². The number of rotatable bonds is 18. The molecule has 1 N–H and O–H groups in total. The fourth-order valence-corrected chi connectivity index (χ4v) is 3.40. The van der Waals surface area contributed by atoms with Crippen molar-refractivity contribution in [3.05, 3.63) is 0 Å². The third kappa shape index (κ3) is 13.2. The van der Waals surface area contributed by atoms with E-state index in [2.05, 4.69) is 6.92 Å². The van der Waals surface area contributed by atoms with Crippen LogP contribution >= 0.6 is 0 Å². The fraction of sp³-hybridized carbons (Fsp3) is 0.909. The molecule has 0 saturated heterocycles. The van der Waals surface area contributed by atoms with Crippen molar-refractivity contribution >= 4 is 11.9 Å². The van der Waals surface area contributed by atoms with Gasteiger partial charge in [-0.3, -0.25) is 4.79 Å². The second-order valence-corrected chi connectivity index (χ2v) is 7.64. The van der Waals surface area contributed by atoms with Crippen molar-refractivity contribution < 1.29 is 14.7 Å². The molecule has 0 aliphatic carbocycles. The zero-order valence-electron chi connectivity index (χ0n) is 17.6. The number of amides is 1. The molecule has 4 heteroatoms. The first-order valence-corrected chi connectivity index (χ1v) is 11.0. The minimum Gasteiger partial charge on any atom is -0.480 e. The van der Waals surface area contributed by atoms with Gasteiger partial charge in [0.15, 0.2) is 0 Å². The third-order valence-electron chi connectivity index (χ3n) is 5.20. The second kappa shape index (κ2) is 17.4. The maximum absolute atomic E-state index is 12.1. The molecule has 4 nitrogen and oxygen atoms in total. The summed E-state index contributed by atoms with van der Waals surface area (Å²) in [6.07, 6.45) is 18.4. The molecular formula is C22H43NO3. The summed E-state index contributed by atoms with van der Waals surface area (Å²) in [6.45, 7) is 4.20. The Hall–Kier alpha value is -1.06.